The molecule has 0 atom stereocenters. The highest BCUT2D eigenvalue weighted by atomic mass is 15.5. The van der Waals surface area contributed by atoms with Gasteiger partial charge in [0.2, 0.25) is 0 Å². The lowest BCUT2D eigenvalue weighted by atomic mass is 10.5. The van der Waals surface area contributed by atoms with Crippen molar-refractivity contribution < 1.29 is 0 Å². The molecule has 0 aliphatic rings. The molecule has 0 saturated heterocycles. The van der Waals surface area contributed by atoms with E-state index in [0.29, 0.717) is 0 Å². The lowest BCUT2D eigenvalue weighted by Crippen LogP contribution is -1.91. The Bertz CT molecular complexity index is 246. The zero-order chi connectivity index (χ0) is 10.1. The van der Waals surface area contributed by atoms with Gasteiger partial charge in [-0.25, -0.2) is 4.68 Å². The second kappa shape index (κ2) is 7.21. The third kappa shape index (κ3) is 3.64. The SMILES string of the molecule is C/C=C\c1nnnn1/C=C\C.CC. The topological polar surface area (TPSA) is 43.6 Å². The average molecular weight is 180 g/mol. The number of nitrogens with zero attached hydrogens (tertiary/aromatic N) is 4. The van der Waals surface area contributed by atoms with E-state index in [1.165, 1.54) is 0 Å². The van der Waals surface area contributed by atoms with Crippen LogP contribution < -0.4 is 0 Å². The van der Waals surface area contributed by atoms with E-state index in [9.17, 15) is 0 Å². The normalized spacial score (nSPS) is 10.5. The van der Waals surface area contributed by atoms with Crippen LogP contribution in [-0.4, -0.2) is 20.2 Å². The fourth-order valence-corrected chi connectivity index (χ4v) is 0.707. The standard InChI is InChI=1S/C7H10N4.C2H6/c1-3-5-7-8-9-10-11(7)6-4-2;1-2/h3-6H,1-2H3;1-2H3/b5-3-,6-4-;. The predicted octanol–water partition coefficient (Wildman–Crippen LogP) is 2.22. The Hall–Kier alpha value is -1.45. The molecule has 72 valence electrons. The molecule has 13 heavy (non-hydrogen) atoms. The maximum atomic E-state index is 3.79. The van der Waals surface area contributed by atoms with Crippen molar-refractivity contribution in [2.45, 2.75) is 27.7 Å². The minimum atomic E-state index is 0.741. The fraction of sp³-hybridized carbons (Fsp3) is 0.444. The molecule has 0 fully saturated rings. The van der Waals surface area contributed by atoms with Gasteiger partial charge in [-0.3, -0.25) is 0 Å². The zero-order valence-electron chi connectivity index (χ0n) is 8.60. The van der Waals surface area contributed by atoms with Gasteiger partial charge in [0.25, 0.3) is 0 Å². The van der Waals surface area contributed by atoms with E-state index in [4.69, 9.17) is 0 Å². The molecule has 0 unspecified atom stereocenters. The van der Waals surface area contributed by atoms with Crippen LogP contribution in [0.2, 0.25) is 0 Å². The minimum absolute atomic E-state index is 0.741. The summed E-state index contributed by atoms with van der Waals surface area (Å²) >= 11 is 0. The Kier molecular flexibility index (Phi) is 6.41. The van der Waals surface area contributed by atoms with E-state index >= 15 is 0 Å². The first-order valence-electron chi connectivity index (χ1n) is 4.42. The van der Waals surface area contributed by atoms with Crippen molar-refractivity contribution >= 4 is 12.3 Å². The molecule has 0 aromatic carbocycles. The molecule has 0 saturated carbocycles. The van der Waals surface area contributed by atoms with Gasteiger partial charge >= 0.3 is 0 Å². The van der Waals surface area contributed by atoms with Gasteiger partial charge in [-0.15, -0.1) is 5.10 Å². The van der Waals surface area contributed by atoms with Crippen molar-refractivity contribution in [3.8, 4) is 0 Å². The number of hydrogen-bond acceptors (Lipinski definition) is 3. The van der Waals surface area contributed by atoms with E-state index in [1.54, 1.807) is 10.9 Å². The highest BCUT2D eigenvalue weighted by Crippen LogP contribution is 1.95. The van der Waals surface area contributed by atoms with Crippen LogP contribution in [0.5, 0.6) is 0 Å². The van der Waals surface area contributed by atoms with Crippen LogP contribution in [-0.2, 0) is 0 Å². The Morgan fingerprint density at radius 2 is 1.85 bits per heavy atom. The van der Waals surface area contributed by atoms with Crippen LogP contribution in [0.1, 0.15) is 33.5 Å². The van der Waals surface area contributed by atoms with E-state index in [2.05, 4.69) is 15.5 Å². The highest BCUT2D eigenvalue weighted by molar-refractivity contribution is 5.42. The predicted molar refractivity (Wildman–Crippen MR) is 54.9 cm³/mol. The molecule has 4 nitrogen and oxygen atoms in total. The van der Waals surface area contributed by atoms with Crippen LogP contribution in [0.3, 0.4) is 0 Å². The summed E-state index contributed by atoms with van der Waals surface area (Å²) in [5, 5.41) is 11.1. The molecule has 0 radical (unpaired) electrons. The van der Waals surface area contributed by atoms with Gasteiger partial charge in [0.05, 0.1) is 0 Å². The van der Waals surface area contributed by atoms with E-state index < -0.39 is 0 Å². The van der Waals surface area contributed by atoms with Crippen LogP contribution in [0.15, 0.2) is 12.2 Å². The maximum absolute atomic E-state index is 3.79. The Morgan fingerprint density at radius 1 is 1.15 bits per heavy atom. The van der Waals surface area contributed by atoms with E-state index in [0.717, 1.165) is 5.82 Å². The van der Waals surface area contributed by atoms with Gasteiger partial charge in [0, 0.05) is 6.20 Å². The van der Waals surface area contributed by atoms with Gasteiger partial charge in [-0.1, -0.05) is 26.0 Å². The number of allylic oxidation sites excluding steroid dienone is 2. The number of rotatable bonds is 2. The third-order valence-electron chi connectivity index (χ3n) is 1.12. The molecule has 0 N–H and O–H groups in total. The molecule has 0 amide bonds. The molecule has 1 rings (SSSR count). The van der Waals surface area contributed by atoms with Gasteiger partial charge in [-0.05, 0) is 30.4 Å². The summed E-state index contributed by atoms with van der Waals surface area (Å²) in [7, 11) is 0. The van der Waals surface area contributed by atoms with Gasteiger partial charge in [0.1, 0.15) is 0 Å². The second-order valence-electron chi connectivity index (χ2n) is 1.96. The molecule has 4 heteroatoms. The molecule has 1 heterocycles. The second-order valence-corrected chi connectivity index (χ2v) is 1.96. The lowest BCUT2D eigenvalue weighted by molar-refractivity contribution is 0.816. The quantitative estimate of drug-likeness (QED) is 0.701. The number of tetrazole rings is 1. The Balaban J connectivity index is 0.000000671. The molecule has 0 spiro atoms. The first-order valence-corrected chi connectivity index (χ1v) is 4.42. The minimum Gasteiger partial charge on any atom is -0.201 e. The number of aromatic nitrogens is 4. The van der Waals surface area contributed by atoms with Crippen molar-refractivity contribution in [1.82, 2.24) is 20.2 Å². The van der Waals surface area contributed by atoms with Gasteiger partial charge < -0.3 is 0 Å². The summed E-state index contributed by atoms with van der Waals surface area (Å²) < 4.78 is 1.61. The first-order chi connectivity index (χ1) is 6.38. The first kappa shape index (κ1) is 11.6. The molecule has 1 aromatic heterocycles. The molecule has 1 aromatic rings. The molecular formula is C9H16N4. The summed E-state index contributed by atoms with van der Waals surface area (Å²) in [4.78, 5) is 0. The van der Waals surface area contributed by atoms with Crippen molar-refractivity contribution in [3.63, 3.8) is 0 Å². The largest absolute Gasteiger partial charge is 0.201 e. The van der Waals surface area contributed by atoms with Crippen molar-refractivity contribution in [2.24, 2.45) is 0 Å². The monoisotopic (exact) mass is 180 g/mol. The summed E-state index contributed by atoms with van der Waals surface area (Å²) in [5.74, 6) is 0.741. The molecular weight excluding hydrogens is 164 g/mol. The zero-order valence-corrected chi connectivity index (χ0v) is 8.60. The van der Waals surface area contributed by atoms with E-state index in [1.807, 2.05) is 45.9 Å². The summed E-state index contributed by atoms with van der Waals surface area (Å²) in [6, 6.07) is 0. The number of hydrogen-bond donors (Lipinski definition) is 0. The van der Waals surface area contributed by atoms with Crippen molar-refractivity contribution in [2.75, 3.05) is 0 Å². The lowest BCUT2D eigenvalue weighted by Gasteiger charge is -1.88. The third-order valence-corrected chi connectivity index (χ3v) is 1.12. The van der Waals surface area contributed by atoms with Crippen LogP contribution in [0.25, 0.3) is 12.3 Å². The smallest absolute Gasteiger partial charge is 0.178 e. The Morgan fingerprint density at radius 3 is 2.38 bits per heavy atom. The van der Waals surface area contributed by atoms with Gasteiger partial charge in [-0.2, -0.15) is 0 Å². The summed E-state index contributed by atoms with van der Waals surface area (Å²) in [6.45, 7) is 7.84. The molecule has 0 bridgehead atoms. The van der Waals surface area contributed by atoms with Crippen LogP contribution in [0.4, 0.5) is 0 Å². The van der Waals surface area contributed by atoms with Gasteiger partial charge in [0.15, 0.2) is 5.82 Å². The average Bonchev–Trinajstić information content (AvgIpc) is 2.58. The summed E-state index contributed by atoms with van der Waals surface area (Å²) in [5.41, 5.74) is 0. The van der Waals surface area contributed by atoms with E-state index in [-0.39, 0.29) is 0 Å². The van der Waals surface area contributed by atoms with Crippen molar-refractivity contribution in [3.05, 3.63) is 18.0 Å². The molecule has 0 aliphatic heterocycles. The van der Waals surface area contributed by atoms with Crippen LogP contribution >= 0.6 is 0 Å². The Labute approximate surface area is 79.0 Å². The molecule has 0 aliphatic carbocycles. The maximum Gasteiger partial charge on any atom is 0.178 e. The fourth-order valence-electron chi connectivity index (χ4n) is 0.707. The van der Waals surface area contributed by atoms with Crippen molar-refractivity contribution in [1.29, 1.82) is 0 Å². The van der Waals surface area contributed by atoms with Crippen LogP contribution in [0, 0.1) is 0 Å². The summed E-state index contributed by atoms with van der Waals surface area (Å²) in [6.07, 6.45) is 7.42. The highest BCUT2D eigenvalue weighted by Gasteiger charge is 1.95.